The van der Waals surface area contributed by atoms with Crippen molar-refractivity contribution in [1.29, 1.82) is 0 Å². The Morgan fingerprint density at radius 3 is 1.69 bits per heavy atom. The van der Waals surface area contributed by atoms with Crippen molar-refractivity contribution in [2.45, 2.75) is 39.5 Å². The molecular formula is C33H34N2O. The fraction of sp³-hybridized carbons (Fsp3) is 0.212. The van der Waals surface area contributed by atoms with Crippen molar-refractivity contribution in [1.82, 2.24) is 9.97 Å². The van der Waals surface area contributed by atoms with Gasteiger partial charge >= 0.3 is 0 Å². The predicted octanol–water partition coefficient (Wildman–Crippen LogP) is 8.75. The van der Waals surface area contributed by atoms with E-state index in [1.54, 1.807) is 0 Å². The van der Waals surface area contributed by atoms with Crippen molar-refractivity contribution < 1.29 is 4.74 Å². The molecule has 2 heterocycles. The number of unbranched alkanes of at least 4 members (excludes halogenated alkanes) is 3. The second-order valence-corrected chi connectivity index (χ2v) is 9.00. The number of nitrogens with zero attached hydrogens (tertiary/aromatic N) is 2. The molecule has 0 aliphatic carbocycles. The SMILES string of the molecule is CCCCCCOc1ccc(/C=C/c2ccnc(-c3cc(/C=C/c4ccc(C)cc4)ccn3)c2)cc1. The lowest BCUT2D eigenvalue weighted by molar-refractivity contribution is 0.305. The Morgan fingerprint density at radius 2 is 1.14 bits per heavy atom. The van der Waals surface area contributed by atoms with E-state index in [0.29, 0.717) is 0 Å². The third-order valence-electron chi connectivity index (χ3n) is 5.99. The topological polar surface area (TPSA) is 35.0 Å². The first-order valence-corrected chi connectivity index (χ1v) is 12.8. The van der Waals surface area contributed by atoms with Crippen LogP contribution in [-0.2, 0) is 0 Å². The molecule has 0 atom stereocenters. The highest BCUT2D eigenvalue weighted by atomic mass is 16.5. The molecule has 0 bridgehead atoms. The Morgan fingerprint density at radius 1 is 0.611 bits per heavy atom. The van der Waals surface area contributed by atoms with Crippen LogP contribution < -0.4 is 4.74 Å². The van der Waals surface area contributed by atoms with E-state index in [1.165, 1.54) is 30.4 Å². The van der Waals surface area contributed by atoms with Crippen LogP contribution in [0.4, 0.5) is 0 Å². The van der Waals surface area contributed by atoms with E-state index in [4.69, 9.17) is 4.74 Å². The number of aromatic nitrogens is 2. The van der Waals surface area contributed by atoms with Crippen LogP contribution in [0.25, 0.3) is 35.7 Å². The maximum absolute atomic E-state index is 5.85. The van der Waals surface area contributed by atoms with Crippen LogP contribution in [-0.4, -0.2) is 16.6 Å². The minimum atomic E-state index is 0.784. The number of aryl methyl sites for hydroxylation is 1. The van der Waals surface area contributed by atoms with E-state index in [9.17, 15) is 0 Å². The minimum Gasteiger partial charge on any atom is -0.494 e. The Labute approximate surface area is 215 Å². The van der Waals surface area contributed by atoms with Crippen LogP contribution in [0.1, 0.15) is 60.4 Å². The van der Waals surface area contributed by atoms with E-state index < -0.39 is 0 Å². The quantitative estimate of drug-likeness (QED) is 0.204. The number of benzene rings is 2. The van der Waals surface area contributed by atoms with Gasteiger partial charge in [-0.15, -0.1) is 0 Å². The zero-order valence-electron chi connectivity index (χ0n) is 21.2. The minimum absolute atomic E-state index is 0.784. The van der Waals surface area contributed by atoms with Crippen molar-refractivity contribution in [2.75, 3.05) is 6.61 Å². The highest BCUT2D eigenvalue weighted by Crippen LogP contribution is 2.20. The summed E-state index contributed by atoms with van der Waals surface area (Å²) in [6, 6.07) is 24.9. The summed E-state index contributed by atoms with van der Waals surface area (Å²) in [4.78, 5) is 9.11. The summed E-state index contributed by atoms with van der Waals surface area (Å²) < 4.78 is 5.85. The lowest BCUT2D eigenvalue weighted by atomic mass is 10.1. The summed E-state index contributed by atoms with van der Waals surface area (Å²) in [5.74, 6) is 0.928. The second-order valence-electron chi connectivity index (χ2n) is 9.00. The highest BCUT2D eigenvalue weighted by Gasteiger charge is 2.03. The van der Waals surface area contributed by atoms with E-state index in [-0.39, 0.29) is 0 Å². The zero-order chi connectivity index (χ0) is 25.0. The molecule has 0 aliphatic heterocycles. The fourth-order valence-corrected chi connectivity index (χ4v) is 3.84. The maximum atomic E-state index is 5.85. The third-order valence-corrected chi connectivity index (χ3v) is 5.99. The van der Waals surface area contributed by atoms with Crippen molar-refractivity contribution in [3.05, 3.63) is 113 Å². The van der Waals surface area contributed by atoms with Crippen LogP contribution in [0.3, 0.4) is 0 Å². The third kappa shape index (κ3) is 7.78. The molecule has 0 radical (unpaired) electrons. The summed E-state index contributed by atoms with van der Waals surface area (Å²) >= 11 is 0. The first kappa shape index (κ1) is 25.1. The molecule has 0 N–H and O–H groups in total. The molecule has 3 nitrogen and oxygen atoms in total. The van der Waals surface area contributed by atoms with Gasteiger partial charge in [0.15, 0.2) is 0 Å². The van der Waals surface area contributed by atoms with Gasteiger partial charge in [0.05, 0.1) is 18.0 Å². The Bertz CT molecular complexity index is 1290. The van der Waals surface area contributed by atoms with Crippen LogP contribution in [0.2, 0.25) is 0 Å². The second kappa shape index (κ2) is 13.2. The standard InChI is InChI=1S/C33H34N2O/c1-3-4-5-6-23-36-31-17-15-28(16-18-31)12-14-30-20-22-35-33(25-30)32-24-29(19-21-34-32)13-11-27-9-7-26(2)8-10-27/h7-22,24-25H,3-6,23H2,1-2H3/b13-11+,14-12+. The number of rotatable bonds is 11. The molecule has 4 aromatic rings. The van der Waals surface area contributed by atoms with Crippen LogP contribution in [0, 0.1) is 6.92 Å². The monoisotopic (exact) mass is 474 g/mol. The lowest BCUT2D eigenvalue weighted by Gasteiger charge is -2.06. The van der Waals surface area contributed by atoms with Gasteiger partial charge in [-0.3, -0.25) is 9.97 Å². The van der Waals surface area contributed by atoms with E-state index in [0.717, 1.165) is 46.9 Å². The van der Waals surface area contributed by atoms with Gasteiger partial charge in [-0.05, 0) is 72.0 Å². The highest BCUT2D eigenvalue weighted by molar-refractivity contribution is 5.74. The molecule has 0 fully saturated rings. The zero-order valence-corrected chi connectivity index (χ0v) is 21.2. The smallest absolute Gasteiger partial charge is 0.119 e. The molecule has 3 heteroatoms. The predicted molar refractivity (Wildman–Crippen MR) is 153 cm³/mol. The molecular weight excluding hydrogens is 440 g/mol. The van der Waals surface area contributed by atoms with E-state index in [2.05, 4.69) is 96.7 Å². The van der Waals surface area contributed by atoms with Gasteiger partial charge in [-0.2, -0.15) is 0 Å². The summed E-state index contributed by atoms with van der Waals surface area (Å²) in [6.45, 7) is 5.10. The molecule has 0 spiro atoms. The van der Waals surface area contributed by atoms with Crippen LogP contribution >= 0.6 is 0 Å². The van der Waals surface area contributed by atoms with Gasteiger partial charge in [0.2, 0.25) is 0 Å². The molecule has 4 rings (SSSR count). The van der Waals surface area contributed by atoms with Crippen molar-refractivity contribution >= 4 is 24.3 Å². The average Bonchev–Trinajstić information content (AvgIpc) is 2.92. The Hall–Kier alpha value is -3.98. The Balaban J connectivity index is 1.39. The van der Waals surface area contributed by atoms with Gasteiger partial charge in [0, 0.05) is 12.4 Å². The van der Waals surface area contributed by atoms with Crippen molar-refractivity contribution in [3.63, 3.8) is 0 Å². The fourth-order valence-electron chi connectivity index (χ4n) is 3.84. The normalized spacial score (nSPS) is 11.4. The molecule has 2 aromatic carbocycles. The van der Waals surface area contributed by atoms with E-state index in [1.807, 2.05) is 36.7 Å². The average molecular weight is 475 g/mol. The summed E-state index contributed by atoms with van der Waals surface area (Å²) in [5.41, 5.74) is 7.46. The lowest BCUT2D eigenvalue weighted by Crippen LogP contribution is -1.96. The first-order valence-electron chi connectivity index (χ1n) is 12.8. The molecule has 0 saturated carbocycles. The first-order chi connectivity index (χ1) is 17.7. The number of hydrogen-bond donors (Lipinski definition) is 0. The molecule has 182 valence electrons. The van der Waals surface area contributed by atoms with Gasteiger partial charge < -0.3 is 4.74 Å². The molecule has 0 aliphatic rings. The number of pyridine rings is 2. The van der Waals surface area contributed by atoms with Crippen LogP contribution in [0.5, 0.6) is 5.75 Å². The summed E-state index contributed by atoms with van der Waals surface area (Å²) in [6.07, 6.45) is 17.0. The van der Waals surface area contributed by atoms with E-state index >= 15 is 0 Å². The van der Waals surface area contributed by atoms with Crippen LogP contribution in [0.15, 0.2) is 85.2 Å². The largest absolute Gasteiger partial charge is 0.494 e. The summed E-state index contributed by atoms with van der Waals surface area (Å²) in [7, 11) is 0. The summed E-state index contributed by atoms with van der Waals surface area (Å²) in [5, 5.41) is 0. The van der Waals surface area contributed by atoms with Crippen molar-refractivity contribution in [2.24, 2.45) is 0 Å². The molecule has 0 unspecified atom stereocenters. The van der Waals surface area contributed by atoms with Gasteiger partial charge in [0.25, 0.3) is 0 Å². The van der Waals surface area contributed by atoms with Crippen molar-refractivity contribution in [3.8, 4) is 17.1 Å². The van der Waals surface area contributed by atoms with Gasteiger partial charge in [-0.25, -0.2) is 0 Å². The number of hydrogen-bond acceptors (Lipinski definition) is 3. The maximum Gasteiger partial charge on any atom is 0.119 e. The number of ether oxygens (including phenoxy) is 1. The molecule has 0 amide bonds. The Kier molecular flexibility index (Phi) is 9.21. The molecule has 0 saturated heterocycles. The van der Waals surface area contributed by atoms with Gasteiger partial charge in [0.1, 0.15) is 5.75 Å². The molecule has 2 aromatic heterocycles. The van der Waals surface area contributed by atoms with Gasteiger partial charge in [-0.1, -0.05) is 92.5 Å². The molecule has 36 heavy (non-hydrogen) atoms.